The molecule has 2 nitrogen and oxygen atoms in total. The van der Waals surface area contributed by atoms with E-state index in [1.165, 1.54) is 20.6 Å². The first-order chi connectivity index (χ1) is 9.29. The van der Waals surface area contributed by atoms with Crippen LogP contribution in [0.5, 0.6) is 0 Å². The second-order valence-corrected chi connectivity index (χ2v) is 6.17. The van der Waals surface area contributed by atoms with Gasteiger partial charge in [-0.05, 0) is 22.4 Å². The lowest BCUT2D eigenvalue weighted by atomic mass is 9.96. The molecular formula is C14H26BrF3O2. The van der Waals surface area contributed by atoms with Crippen molar-refractivity contribution in [3.63, 3.8) is 0 Å². The van der Waals surface area contributed by atoms with Gasteiger partial charge in [0.2, 0.25) is 4.70 Å². The Morgan fingerprint density at radius 3 is 1.90 bits per heavy atom. The van der Waals surface area contributed by atoms with Crippen molar-refractivity contribution in [3.05, 3.63) is 0 Å². The summed E-state index contributed by atoms with van der Waals surface area (Å²) in [6, 6.07) is 0. The highest BCUT2D eigenvalue weighted by Gasteiger charge is 2.43. The van der Waals surface area contributed by atoms with E-state index < -0.39 is 23.2 Å². The molecule has 1 atom stereocenters. The summed E-state index contributed by atoms with van der Waals surface area (Å²) in [4.78, 5) is 0. The molecule has 20 heavy (non-hydrogen) atoms. The van der Waals surface area contributed by atoms with Gasteiger partial charge in [0.25, 0.3) is 0 Å². The van der Waals surface area contributed by atoms with Gasteiger partial charge in [-0.25, -0.2) is 0 Å². The zero-order valence-electron chi connectivity index (χ0n) is 12.6. The molecule has 0 bridgehead atoms. The van der Waals surface area contributed by atoms with Crippen molar-refractivity contribution >= 4 is 15.9 Å². The third-order valence-corrected chi connectivity index (χ3v) is 4.72. The predicted molar refractivity (Wildman–Crippen MR) is 77.8 cm³/mol. The summed E-state index contributed by atoms with van der Waals surface area (Å²) in [5.74, 6) is -0.747. The van der Waals surface area contributed by atoms with Gasteiger partial charge in [0.15, 0.2) is 0 Å². The molecule has 0 N–H and O–H groups in total. The highest BCUT2D eigenvalue weighted by molar-refractivity contribution is 9.10. The van der Waals surface area contributed by atoms with Gasteiger partial charge < -0.3 is 9.47 Å². The van der Waals surface area contributed by atoms with Gasteiger partial charge in [-0.3, -0.25) is 0 Å². The minimum atomic E-state index is -4.22. The van der Waals surface area contributed by atoms with Crippen LogP contribution in [0.4, 0.5) is 13.2 Å². The Morgan fingerprint density at radius 1 is 0.950 bits per heavy atom. The van der Waals surface area contributed by atoms with E-state index in [-0.39, 0.29) is 0 Å². The molecular weight excluding hydrogens is 337 g/mol. The number of halogens is 4. The first kappa shape index (κ1) is 20.2. The lowest BCUT2D eigenvalue weighted by Crippen LogP contribution is -2.38. The molecule has 0 spiro atoms. The molecule has 0 saturated heterocycles. The van der Waals surface area contributed by atoms with Crippen LogP contribution in [0.15, 0.2) is 0 Å². The summed E-state index contributed by atoms with van der Waals surface area (Å²) in [7, 11) is 2.70. The Kier molecular flexibility index (Phi) is 10.1. The lowest BCUT2D eigenvalue weighted by Gasteiger charge is -2.33. The van der Waals surface area contributed by atoms with Gasteiger partial charge in [-0.15, -0.1) is 0 Å². The molecule has 0 rings (SSSR count). The average molecular weight is 363 g/mol. The Hall–Kier alpha value is 0.190. The number of ether oxygens (including phenoxy) is 2. The fourth-order valence-corrected chi connectivity index (χ4v) is 2.65. The molecule has 0 aliphatic carbocycles. The van der Waals surface area contributed by atoms with Crippen molar-refractivity contribution in [2.45, 2.75) is 69.2 Å². The van der Waals surface area contributed by atoms with Crippen LogP contribution in [0, 0.1) is 5.92 Å². The normalized spacial score (nSPS) is 14.6. The maximum absolute atomic E-state index is 12.7. The van der Waals surface area contributed by atoms with Crippen LogP contribution in [0.1, 0.15) is 58.3 Å². The maximum Gasteiger partial charge on any atom is 0.389 e. The van der Waals surface area contributed by atoms with Crippen LogP contribution >= 0.6 is 15.9 Å². The van der Waals surface area contributed by atoms with E-state index in [4.69, 9.17) is 9.47 Å². The first-order valence-corrected chi connectivity index (χ1v) is 7.94. The Labute approximate surface area is 128 Å². The maximum atomic E-state index is 12.7. The number of rotatable bonds is 11. The van der Waals surface area contributed by atoms with Crippen LogP contribution < -0.4 is 0 Å². The zero-order chi connectivity index (χ0) is 15.6. The number of hydrogen-bond donors (Lipinski definition) is 0. The SMILES string of the molecule is CCCCCCCCC(CC(F)(F)F)C(Br)(OC)OC. The summed E-state index contributed by atoms with van der Waals surface area (Å²) >= 11 is 3.15. The largest absolute Gasteiger partial charge is 0.389 e. The molecule has 0 saturated carbocycles. The van der Waals surface area contributed by atoms with Crippen molar-refractivity contribution in [2.75, 3.05) is 14.2 Å². The monoisotopic (exact) mass is 362 g/mol. The minimum Gasteiger partial charge on any atom is -0.344 e. The molecule has 0 heterocycles. The molecule has 0 radical (unpaired) electrons. The van der Waals surface area contributed by atoms with Crippen molar-refractivity contribution in [1.29, 1.82) is 0 Å². The van der Waals surface area contributed by atoms with E-state index in [1.54, 1.807) is 0 Å². The molecule has 0 fully saturated rings. The summed E-state index contributed by atoms with van der Waals surface area (Å²) in [6.07, 6.45) is 1.57. The number of methoxy groups -OCH3 is 2. The van der Waals surface area contributed by atoms with Crippen molar-refractivity contribution in [1.82, 2.24) is 0 Å². The van der Waals surface area contributed by atoms with Crippen molar-refractivity contribution in [3.8, 4) is 0 Å². The third kappa shape index (κ3) is 8.47. The molecule has 0 aliphatic rings. The Bertz CT molecular complexity index is 243. The topological polar surface area (TPSA) is 18.5 Å². The summed E-state index contributed by atoms with van der Waals surface area (Å²) < 4.78 is 46.8. The fourth-order valence-electron chi connectivity index (χ4n) is 2.26. The summed E-state index contributed by atoms with van der Waals surface area (Å²) in [5, 5.41) is 0. The van der Waals surface area contributed by atoms with Crippen LogP contribution in [0.25, 0.3) is 0 Å². The molecule has 0 aromatic heterocycles. The average Bonchev–Trinajstić information content (AvgIpc) is 2.39. The first-order valence-electron chi connectivity index (χ1n) is 7.15. The zero-order valence-corrected chi connectivity index (χ0v) is 14.1. The number of unbranched alkanes of at least 4 members (excludes halogenated alkanes) is 5. The van der Waals surface area contributed by atoms with E-state index in [1.807, 2.05) is 0 Å². The van der Waals surface area contributed by atoms with Gasteiger partial charge in [-0.1, -0.05) is 45.4 Å². The van der Waals surface area contributed by atoms with E-state index in [0.29, 0.717) is 6.42 Å². The minimum absolute atomic E-state index is 0.429. The molecule has 0 aromatic rings. The Balaban J connectivity index is 4.33. The lowest BCUT2D eigenvalue weighted by molar-refractivity contribution is -0.207. The standard InChI is InChI=1S/C14H26BrF3O2/c1-4-5-6-7-8-9-10-12(11-13(16,17)18)14(15,19-2)20-3/h12H,4-11H2,1-3H3. The Morgan fingerprint density at radius 2 is 1.45 bits per heavy atom. The van der Waals surface area contributed by atoms with Crippen molar-refractivity contribution < 1.29 is 22.6 Å². The molecule has 1 unspecified atom stereocenters. The molecule has 0 aliphatic heterocycles. The number of alkyl halides is 4. The van der Waals surface area contributed by atoms with E-state index in [9.17, 15) is 13.2 Å². The molecule has 0 amide bonds. The molecule has 122 valence electrons. The molecule has 6 heteroatoms. The highest BCUT2D eigenvalue weighted by atomic mass is 79.9. The summed E-state index contributed by atoms with van der Waals surface area (Å²) in [5.41, 5.74) is 0. The smallest absolute Gasteiger partial charge is 0.344 e. The second-order valence-electron chi connectivity index (χ2n) is 5.06. The summed E-state index contributed by atoms with van der Waals surface area (Å²) in [6.45, 7) is 2.13. The van der Waals surface area contributed by atoms with Crippen LogP contribution in [0.3, 0.4) is 0 Å². The predicted octanol–water partition coefficient (Wildman–Crippen LogP) is 5.65. The van der Waals surface area contributed by atoms with E-state index >= 15 is 0 Å². The van der Waals surface area contributed by atoms with Gasteiger partial charge in [0.05, 0.1) is 6.42 Å². The van der Waals surface area contributed by atoms with Crippen LogP contribution in [-0.4, -0.2) is 25.1 Å². The van der Waals surface area contributed by atoms with Gasteiger partial charge in [0, 0.05) is 20.1 Å². The second kappa shape index (κ2) is 10.0. The third-order valence-electron chi connectivity index (χ3n) is 3.43. The number of hydrogen-bond acceptors (Lipinski definition) is 2. The van der Waals surface area contributed by atoms with Crippen LogP contribution in [0.2, 0.25) is 0 Å². The van der Waals surface area contributed by atoms with Gasteiger partial charge in [-0.2, -0.15) is 13.2 Å². The van der Waals surface area contributed by atoms with Crippen LogP contribution in [-0.2, 0) is 9.47 Å². The van der Waals surface area contributed by atoms with Gasteiger partial charge >= 0.3 is 6.18 Å². The van der Waals surface area contributed by atoms with E-state index in [0.717, 1.165) is 32.1 Å². The van der Waals surface area contributed by atoms with Gasteiger partial charge in [0.1, 0.15) is 0 Å². The highest BCUT2D eigenvalue weighted by Crippen LogP contribution is 2.40. The van der Waals surface area contributed by atoms with E-state index in [2.05, 4.69) is 22.9 Å². The van der Waals surface area contributed by atoms with Crippen molar-refractivity contribution in [2.24, 2.45) is 5.92 Å². The fraction of sp³-hybridized carbons (Fsp3) is 1.00. The quantitative estimate of drug-likeness (QED) is 0.268. The molecule has 0 aromatic carbocycles.